The molecule has 4 rings (SSSR count). The molecule has 0 aliphatic rings. The van der Waals surface area contributed by atoms with E-state index in [2.05, 4.69) is 25.3 Å². The lowest BCUT2D eigenvalue weighted by Gasteiger charge is -2.20. The molecular weight excluding hydrogens is 512 g/mol. The lowest BCUT2D eigenvalue weighted by Crippen LogP contribution is -2.13. The van der Waals surface area contributed by atoms with E-state index in [1.807, 2.05) is 0 Å². The first-order chi connectivity index (χ1) is 16.9. The number of halogens is 4. The van der Waals surface area contributed by atoms with Crippen molar-refractivity contribution in [3.8, 4) is 17.3 Å². The minimum Gasteiger partial charge on any atom is -0.375 e. The summed E-state index contributed by atoms with van der Waals surface area (Å²) in [4.78, 5) is 16.9. The van der Waals surface area contributed by atoms with Crippen LogP contribution in [0.15, 0.2) is 30.6 Å². The maximum atomic E-state index is 15.0. The number of rotatable bonds is 5. The summed E-state index contributed by atoms with van der Waals surface area (Å²) in [5.74, 6) is -2.96. The van der Waals surface area contributed by atoms with E-state index in [9.17, 15) is 13.3 Å². The zero-order valence-corrected chi connectivity index (χ0v) is 21.2. The maximum absolute atomic E-state index is 15.0. The zero-order chi connectivity index (χ0) is 26.4. The molecule has 1 unspecified atom stereocenters. The molecule has 0 radical (unpaired) electrons. The Morgan fingerprint density at radius 2 is 1.75 bits per heavy atom. The van der Waals surface area contributed by atoms with E-state index in [1.54, 1.807) is 19.9 Å². The molecule has 3 aromatic heterocycles. The van der Waals surface area contributed by atoms with Gasteiger partial charge in [-0.1, -0.05) is 11.6 Å². The molecule has 0 aliphatic carbocycles. The summed E-state index contributed by atoms with van der Waals surface area (Å²) in [6, 6.07) is 4.16. The number of benzene rings is 1. The highest BCUT2D eigenvalue weighted by atomic mass is 35.5. The van der Waals surface area contributed by atoms with Crippen LogP contribution in [0.25, 0.3) is 22.3 Å². The molecule has 0 amide bonds. The predicted octanol–water partition coefficient (Wildman–Crippen LogP) is 5.76. The van der Waals surface area contributed by atoms with Crippen LogP contribution in [-0.4, -0.2) is 33.3 Å². The van der Waals surface area contributed by atoms with Gasteiger partial charge in [-0.25, -0.2) is 33.1 Å². The third kappa shape index (κ3) is 4.77. The molecule has 0 bridgehead atoms. The molecule has 7 nitrogen and oxygen atoms in total. The number of pyridine rings is 2. The molecule has 1 aromatic carbocycles. The Hall–Kier alpha value is -3.54. The van der Waals surface area contributed by atoms with Gasteiger partial charge < -0.3 is 9.88 Å². The topological polar surface area (TPSA) is 104 Å². The van der Waals surface area contributed by atoms with E-state index >= 15 is 4.39 Å². The fourth-order valence-corrected chi connectivity index (χ4v) is 4.46. The molecule has 4 aromatic rings. The summed E-state index contributed by atoms with van der Waals surface area (Å²) < 4.78 is 55.8. The summed E-state index contributed by atoms with van der Waals surface area (Å²) in [5.41, 5.74) is 1.07. The van der Waals surface area contributed by atoms with E-state index < -0.39 is 30.6 Å². The number of nitrogens with zero attached hydrogens (tertiary/aromatic N) is 5. The summed E-state index contributed by atoms with van der Waals surface area (Å²) in [7, 11) is -2.71. The number of hydrogen-bond donors (Lipinski definition) is 1. The van der Waals surface area contributed by atoms with Gasteiger partial charge in [-0.2, -0.15) is 5.26 Å². The second-order valence-electron chi connectivity index (χ2n) is 8.53. The van der Waals surface area contributed by atoms with Gasteiger partial charge in [0.2, 0.25) is 0 Å². The van der Waals surface area contributed by atoms with Crippen molar-refractivity contribution < 1.29 is 17.7 Å². The van der Waals surface area contributed by atoms with E-state index in [-0.39, 0.29) is 49.7 Å². The normalized spacial score (nSPS) is 12.4. The first-order valence-electron chi connectivity index (χ1n) is 10.6. The largest absolute Gasteiger partial charge is 0.375 e. The first kappa shape index (κ1) is 25.5. The standard InChI is InChI=1S/C24H19ClF3N6OP/c1-11(15-5-13(8-29)6-16(26)20(15)28)33-23-19(25)12(2)32-18-7-17(27)21(34-22(18)23)14-9-30-24(31-10-14)36(3,4)35/h5-7,9-11H,1-4H3,(H,32,33). The van der Waals surface area contributed by atoms with Gasteiger partial charge in [0.25, 0.3) is 0 Å². The smallest absolute Gasteiger partial charge is 0.188 e. The third-order valence-electron chi connectivity index (χ3n) is 5.42. The molecular formula is C24H19ClF3N6OP. The van der Waals surface area contributed by atoms with Crippen LogP contribution in [0.2, 0.25) is 5.02 Å². The summed E-state index contributed by atoms with van der Waals surface area (Å²) in [5, 5.41) is 12.3. The molecule has 184 valence electrons. The lowest BCUT2D eigenvalue weighted by molar-refractivity contribution is 0.494. The Morgan fingerprint density at radius 3 is 2.36 bits per heavy atom. The van der Waals surface area contributed by atoms with Gasteiger partial charge in [-0.05, 0) is 39.3 Å². The highest BCUT2D eigenvalue weighted by molar-refractivity contribution is 7.69. The average molecular weight is 531 g/mol. The van der Waals surface area contributed by atoms with Crippen molar-refractivity contribution in [1.29, 1.82) is 5.26 Å². The predicted molar refractivity (Wildman–Crippen MR) is 132 cm³/mol. The molecule has 12 heteroatoms. The first-order valence-corrected chi connectivity index (χ1v) is 13.6. The summed E-state index contributed by atoms with van der Waals surface area (Å²) >= 11 is 6.51. The summed E-state index contributed by atoms with van der Waals surface area (Å²) in [6.07, 6.45) is 2.65. The van der Waals surface area contributed by atoms with Gasteiger partial charge in [-0.15, -0.1) is 0 Å². The summed E-state index contributed by atoms with van der Waals surface area (Å²) in [6.45, 7) is 6.21. The number of aromatic nitrogens is 4. The fourth-order valence-electron chi connectivity index (χ4n) is 3.60. The average Bonchev–Trinajstić information content (AvgIpc) is 2.82. The molecule has 0 saturated heterocycles. The van der Waals surface area contributed by atoms with Crippen molar-refractivity contribution in [2.45, 2.75) is 19.9 Å². The van der Waals surface area contributed by atoms with E-state index in [1.165, 1.54) is 37.9 Å². The van der Waals surface area contributed by atoms with Gasteiger partial charge >= 0.3 is 0 Å². The Balaban J connectivity index is 1.85. The van der Waals surface area contributed by atoms with Crippen LogP contribution in [-0.2, 0) is 4.57 Å². The van der Waals surface area contributed by atoms with E-state index in [0.29, 0.717) is 5.69 Å². The maximum Gasteiger partial charge on any atom is 0.188 e. The third-order valence-corrected chi connectivity index (χ3v) is 7.08. The number of fused-ring (bicyclic) bond motifs is 1. The number of nitriles is 1. The van der Waals surface area contributed by atoms with Crippen LogP contribution >= 0.6 is 18.7 Å². The quantitative estimate of drug-likeness (QED) is 0.327. The monoisotopic (exact) mass is 530 g/mol. The van der Waals surface area contributed by atoms with Gasteiger partial charge in [-0.3, -0.25) is 0 Å². The number of hydrogen-bond acceptors (Lipinski definition) is 7. The minimum absolute atomic E-state index is 0.0472. The number of anilines is 1. The number of nitrogens with one attached hydrogen (secondary N) is 1. The van der Waals surface area contributed by atoms with Crippen LogP contribution in [0.4, 0.5) is 18.9 Å². The van der Waals surface area contributed by atoms with Crippen LogP contribution < -0.4 is 10.9 Å². The zero-order valence-electron chi connectivity index (χ0n) is 19.6. The Labute approximate surface area is 209 Å². The van der Waals surface area contributed by atoms with Gasteiger partial charge in [0, 0.05) is 29.6 Å². The molecule has 0 aliphatic heterocycles. The highest BCUT2D eigenvalue weighted by Gasteiger charge is 2.22. The molecule has 0 spiro atoms. The SMILES string of the molecule is Cc1nc2cc(F)c(-c3cnc(P(C)(C)=O)nc3)nc2c(NC(C)c2cc(C#N)cc(F)c2F)c1Cl. The lowest BCUT2D eigenvalue weighted by atomic mass is 10.0. The molecule has 36 heavy (non-hydrogen) atoms. The van der Waals surface area contributed by atoms with Gasteiger partial charge in [0.1, 0.15) is 18.4 Å². The van der Waals surface area contributed by atoms with Crippen molar-refractivity contribution in [3.63, 3.8) is 0 Å². The van der Waals surface area contributed by atoms with E-state index in [4.69, 9.17) is 16.9 Å². The minimum atomic E-state index is -2.71. The second kappa shape index (κ2) is 9.49. The Morgan fingerprint density at radius 1 is 1.08 bits per heavy atom. The van der Waals surface area contributed by atoms with Crippen LogP contribution in [0, 0.1) is 35.7 Å². The molecule has 3 heterocycles. The van der Waals surface area contributed by atoms with Gasteiger partial charge in [0.05, 0.1) is 39.6 Å². The van der Waals surface area contributed by atoms with Crippen molar-refractivity contribution in [2.75, 3.05) is 18.6 Å². The van der Waals surface area contributed by atoms with Crippen molar-refractivity contribution in [1.82, 2.24) is 19.9 Å². The number of aryl methyl sites for hydroxylation is 1. The van der Waals surface area contributed by atoms with Gasteiger partial charge in [0.15, 0.2) is 23.0 Å². The second-order valence-corrected chi connectivity index (χ2v) is 12.0. The molecule has 1 atom stereocenters. The highest BCUT2D eigenvalue weighted by Crippen LogP contribution is 2.37. The van der Waals surface area contributed by atoms with Crippen LogP contribution in [0.3, 0.4) is 0 Å². The van der Waals surface area contributed by atoms with Crippen LogP contribution in [0.1, 0.15) is 29.8 Å². The Bertz CT molecular complexity index is 1600. The van der Waals surface area contributed by atoms with Crippen molar-refractivity contribution >= 4 is 41.0 Å². The van der Waals surface area contributed by atoms with Crippen molar-refractivity contribution in [2.24, 2.45) is 0 Å². The molecule has 1 N–H and O–H groups in total. The van der Waals surface area contributed by atoms with Crippen LogP contribution in [0.5, 0.6) is 0 Å². The fraction of sp³-hybridized carbons (Fsp3) is 0.208. The van der Waals surface area contributed by atoms with Crippen molar-refractivity contribution in [3.05, 3.63) is 69.9 Å². The molecule has 0 fully saturated rings. The van der Waals surface area contributed by atoms with E-state index in [0.717, 1.165) is 6.07 Å². The molecule has 0 saturated carbocycles. The Kier molecular flexibility index (Phi) is 6.74.